The van der Waals surface area contributed by atoms with Crippen molar-refractivity contribution in [3.63, 3.8) is 0 Å². The molecule has 3 rings (SSSR count). The zero-order valence-corrected chi connectivity index (χ0v) is 22.1. The average Bonchev–Trinajstić information content (AvgIpc) is 3.22. The van der Waals surface area contributed by atoms with Crippen molar-refractivity contribution in [3.8, 4) is 6.07 Å². The van der Waals surface area contributed by atoms with Crippen molar-refractivity contribution in [2.45, 2.75) is 77.0 Å². The maximum Gasteiger partial charge on any atom is 0.311 e. The highest BCUT2D eigenvalue weighted by atomic mass is 32.2. The van der Waals surface area contributed by atoms with E-state index in [2.05, 4.69) is 37.1 Å². The maximum absolute atomic E-state index is 13.0. The molecule has 182 valence electrons. The predicted octanol–water partition coefficient (Wildman–Crippen LogP) is 5.18. The fourth-order valence-corrected chi connectivity index (χ4v) is 5.71. The van der Waals surface area contributed by atoms with Crippen LogP contribution in [0.1, 0.15) is 70.0 Å². The van der Waals surface area contributed by atoms with Gasteiger partial charge in [0.15, 0.2) is 5.13 Å². The number of esters is 1. The van der Waals surface area contributed by atoms with Gasteiger partial charge in [-0.2, -0.15) is 5.26 Å². The molecule has 0 bridgehead atoms. The van der Waals surface area contributed by atoms with Gasteiger partial charge < -0.3 is 10.1 Å². The summed E-state index contributed by atoms with van der Waals surface area (Å²) in [5.74, 6) is 0.0257. The summed E-state index contributed by atoms with van der Waals surface area (Å²) in [7, 11) is 0. The Morgan fingerprint density at radius 1 is 1.35 bits per heavy atom. The summed E-state index contributed by atoms with van der Waals surface area (Å²) >= 11 is 2.60. The Morgan fingerprint density at radius 2 is 2.12 bits per heavy atom. The van der Waals surface area contributed by atoms with Gasteiger partial charge in [-0.3, -0.25) is 9.59 Å². The summed E-state index contributed by atoms with van der Waals surface area (Å²) in [6.07, 6.45) is 3.55. The minimum absolute atomic E-state index is 0.0762. The number of thioether (sulfide) groups is 1. The molecule has 2 atom stereocenters. The smallest absolute Gasteiger partial charge is 0.311 e. The van der Waals surface area contributed by atoms with Crippen molar-refractivity contribution < 1.29 is 14.3 Å². The highest BCUT2D eigenvalue weighted by Crippen LogP contribution is 2.38. The Hall–Kier alpha value is -2.44. The van der Waals surface area contributed by atoms with E-state index in [4.69, 9.17) is 9.72 Å². The number of pyridine rings is 1. The van der Waals surface area contributed by atoms with Crippen molar-refractivity contribution in [3.05, 3.63) is 34.0 Å². The molecule has 1 N–H and O–H groups in total. The van der Waals surface area contributed by atoms with Crippen molar-refractivity contribution in [2.75, 3.05) is 11.9 Å². The standard InChI is InChI=1S/C25H32N4O3S2/c1-6-20(22(31)29-24-27-18(14-33-24)12-21(30)32-7-2)34-23-16(13-26)10-15-11-17(25(3,4)5)8-9-19(15)28-23/h10,14,17,20H,6-9,11-12H2,1-5H3,(H,27,29,31). The lowest BCUT2D eigenvalue weighted by Crippen LogP contribution is -2.28. The third kappa shape index (κ3) is 6.57. The molecule has 2 aromatic rings. The van der Waals surface area contributed by atoms with Crippen LogP contribution in [-0.4, -0.2) is 33.7 Å². The quantitative estimate of drug-likeness (QED) is 0.393. The van der Waals surface area contributed by atoms with Gasteiger partial charge in [0, 0.05) is 11.1 Å². The second kappa shape index (κ2) is 11.3. The molecular weight excluding hydrogens is 468 g/mol. The second-order valence-corrected chi connectivity index (χ2v) is 11.5. The van der Waals surface area contributed by atoms with E-state index in [0.29, 0.717) is 40.4 Å². The van der Waals surface area contributed by atoms with E-state index in [1.807, 2.05) is 13.0 Å². The number of carbonyl (C=O) groups excluding carboxylic acids is 2. The molecule has 0 aliphatic heterocycles. The molecule has 0 radical (unpaired) electrons. The van der Waals surface area contributed by atoms with Gasteiger partial charge in [0.05, 0.1) is 29.5 Å². The number of fused-ring (bicyclic) bond motifs is 1. The molecule has 0 spiro atoms. The van der Waals surface area contributed by atoms with Gasteiger partial charge >= 0.3 is 5.97 Å². The van der Waals surface area contributed by atoms with E-state index in [0.717, 1.165) is 30.5 Å². The Morgan fingerprint density at radius 3 is 2.76 bits per heavy atom. The third-order valence-corrected chi connectivity index (χ3v) is 8.20. The normalized spacial score (nSPS) is 16.3. The van der Waals surface area contributed by atoms with Crippen molar-refractivity contribution in [1.29, 1.82) is 5.26 Å². The number of aryl methyl sites for hydroxylation is 1. The monoisotopic (exact) mass is 500 g/mol. The number of anilines is 1. The summed E-state index contributed by atoms with van der Waals surface area (Å²) in [6, 6.07) is 4.25. The van der Waals surface area contributed by atoms with E-state index >= 15 is 0 Å². The van der Waals surface area contributed by atoms with Crippen molar-refractivity contribution in [2.24, 2.45) is 11.3 Å². The summed E-state index contributed by atoms with van der Waals surface area (Å²) in [4.78, 5) is 33.8. The molecule has 1 aliphatic carbocycles. The van der Waals surface area contributed by atoms with Crippen molar-refractivity contribution in [1.82, 2.24) is 9.97 Å². The molecular formula is C25H32N4O3S2. The molecule has 1 amide bonds. The van der Waals surface area contributed by atoms with E-state index < -0.39 is 5.25 Å². The van der Waals surface area contributed by atoms with Gasteiger partial charge in [0.25, 0.3) is 0 Å². The van der Waals surface area contributed by atoms with E-state index in [9.17, 15) is 14.9 Å². The Balaban J connectivity index is 1.70. The summed E-state index contributed by atoms with van der Waals surface area (Å²) in [5.41, 5.74) is 3.50. The number of amides is 1. The number of rotatable bonds is 8. The lowest BCUT2D eigenvalue weighted by molar-refractivity contribution is -0.142. The maximum atomic E-state index is 13.0. The number of hydrogen-bond acceptors (Lipinski definition) is 8. The van der Waals surface area contributed by atoms with Gasteiger partial charge in [-0.1, -0.05) is 39.5 Å². The molecule has 2 aromatic heterocycles. The fraction of sp³-hybridized carbons (Fsp3) is 0.560. The van der Waals surface area contributed by atoms with Crippen LogP contribution in [0.2, 0.25) is 0 Å². The van der Waals surface area contributed by atoms with Gasteiger partial charge in [-0.15, -0.1) is 11.3 Å². The van der Waals surface area contributed by atoms with Crippen LogP contribution >= 0.6 is 23.1 Å². The Kier molecular flexibility index (Phi) is 8.72. The number of thiazole rings is 1. The van der Waals surface area contributed by atoms with Crippen LogP contribution in [0.4, 0.5) is 5.13 Å². The van der Waals surface area contributed by atoms with Crippen LogP contribution < -0.4 is 5.32 Å². The first-order valence-corrected chi connectivity index (χ1v) is 13.4. The SMILES string of the molecule is CCOC(=O)Cc1csc(NC(=O)C(CC)Sc2nc3c(cc2C#N)CC(C(C)(C)C)CC3)n1. The summed E-state index contributed by atoms with van der Waals surface area (Å²) in [6.45, 7) is 10.8. The Labute approximate surface area is 209 Å². The number of nitrogens with zero attached hydrogens (tertiary/aromatic N) is 3. The fourth-order valence-electron chi connectivity index (χ4n) is 4.00. The van der Waals surface area contributed by atoms with Crippen molar-refractivity contribution >= 4 is 40.1 Å². The molecule has 7 nitrogen and oxygen atoms in total. The third-order valence-electron chi connectivity index (χ3n) is 6.03. The molecule has 9 heteroatoms. The van der Waals surface area contributed by atoms with E-state index in [-0.39, 0.29) is 23.7 Å². The molecule has 0 saturated heterocycles. The first-order chi connectivity index (χ1) is 16.1. The zero-order valence-electron chi connectivity index (χ0n) is 20.4. The highest BCUT2D eigenvalue weighted by molar-refractivity contribution is 8.00. The first kappa shape index (κ1) is 26.2. The lowest BCUT2D eigenvalue weighted by Gasteiger charge is -2.34. The van der Waals surface area contributed by atoms with Crippen LogP contribution in [0.3, 0.4) is 0 Å². The van der Waals surface area contributed by atoms with Crippen LogP contribution in [0.15, 0.2) is 16.5 Å². The number of nitrogens with one attached hydrogen (secondary N) is 1. The molecule has 34 heavy (non-hydrogen) atoms. The average molecular weight is 501 g/mol. The van der Waals surface area contributed by atoms with E-state index in [1.165, 1.54) is 23.1 Å². The van der Waals surface area contributed by atoms with Gasteiger partial charge in [-0.25, -0.2) is 9.97 Å². The molecule has 2 unspecified atom stereocenters. The molecule has 0 fully saturated rings. The van der Waals surface area contributed by atoms with Crippen LogP contribution in [-0.2, 0) is 33.6 Å². The van der Waals surface area contributed by atoms with Gasteiger partial charge in [0.2, 0.25) is 5.91 Å². The number of aromatic nitrogens is 2. The van der Waals surface area contributed by atoms with E-state index in [1.54, 1.807) is 12.3 Å². The minimum Gasteiger partial charge on any atom is -0.466 e. The van der Waals surface area contributed by atoms with Gasteiger partial charge in [0.1, 0.15) is 11.1 Å². The molecule has 2 heterocycles. The van der Waals surface area contributed by atoms with Crippen LogP contribution in [0, 0.1) is 22.7 Å². The molecule has 0 saturated carbocycles. The minimum atomic E-state index is -0.416. The molecule has 0 aromatic carbocycles. The summed E-state index contributed by atoms with van der Waals surface area (Å²) < 4.78 is 4.94. The zero-order chi connectivity index (χ0) is 24.9. The molecule has 1 aliphatic rings. The largest absolute Gasteiger partial charge is 0.466 e. The van der Waals surface area contributed by atoms with Gasteiger partial charge in [-0.05, 0) is 55.6 Å². The predicted molar refractivity (Wildman–Crippen MR) is 135 cm³/mol. The number of carbonyl (C=O) groups is 2. The second-order valence-electron chi connectivity index (χ2n) is 9.49. The number of nitriles is 1. The Bertz CT molecular complexity index is 1080. The first-order valence-electron chi connectivity index (χ1n) is 11.6. The van der Waals surface area contributed by atoms with Crippen LogP contribution in [0.25, 0.3) is 0 Å². The number of hydrogen-bond donors (Lipinski definition) is 1. The lowest BCUT2D eigenvalue weighted by atomic mass is 9.71. The topological polar surface area (TPSA) is 105 Å². The highest BCUT2D eigenvalue weighted by Gasteiger charge is 2.31. The van der Waals surface area contributed by atoms with Crippen LogP contribution in [0.5, 0.6) is 0 Å². The summed E-state index contributed by atoms with van der Waals surface area (Å²) in [5, 5.41) is 15.0. The number of ether oxygens (including phenoxy) is 1.